The van der Waals surface area contributed by atoms with Gasteiger partial charge >= 0.3 is 10.1 Å². The van der Waals surface area contributed by atoms with Gasteiger partial charge in [0.2, 0.25) is 0 Å². The molecule has 0 rings (SSSR count). The molecule has 1 radical (unpaired) electrons. The van der Waals surface area contributed by atoms with Gasteiger partial charge in [0.25, 0.3) is 0 Å². The average molecular weight is 161 g/mol. The molecule has 1 atom stereocenters. The number of hydrogen-bond acceptors (Lipinski definition) is 2. The van der Waals surface area contributed by atoms with Crippen molar-refractivity contribution in [2.45, 2.75) is 25.0 Å². The average Bonchev–Trinajstić information content (AvgIpc) is 1.80. The number of hydrogen-bond donors (Lipinski definition) is 0. The van der Waals surface area contributed by atoms with Crippen LogP contribution in [0.2, 0.25) is 0 Å². The van der Waals surface area contributed by atoms with Crippen LogP contribution in [0.25, 0.3) is 0 Å². The fourth-order valence-corrected chi connectivity index (χ4v) is 1.26. The van der Waals surface area contributed by atoms with Crippen molar-refractivity contribution in [2.24, 2.45) is 0 Å². The van der Waals surface area contributed by atoms with Gasteiger partial charge in [-0.05, 0) is 6.42 Å². The quantitative estimate of drug-likeness (QED) is 0.567. The summed E-state index contributed by atoms with van der Waals surface area (Å²) in [6.07, 6.45) is 5.68. The summed E-state index contributed by atoms with van der Waals surface area (Å²) in [6, 6.07) is 0. The van der Waals surface area contributed by atoms with Gasteiger partial charge < -0.3 is 0 Å². The van der Waals surface area contributed by atoms with Crippen LogP contribution in [0.4, 0.5) is 0 Å². The third-order valence-electron chi connectivity index (χ3n) is 1.09. The second kappa shape index (κ2) is 3.59. The molecule has 0 aromatic carbocycles. The van der Waals surface area contributed by atoms with E-state index in [1.165, 1.54) is 0 Å². The van der Waals surface area contributed by atoms with Crippen molar-refractivity contribution in [3.8, 4) is 12.3 Å². The van der Waals surface area contributed by atoms with E-state index in [1.54, 1.807) is 6.92 Å². The Morgan fingerprint density at radius 2 is 2.10 bits per heavy atom. The molecule has 10 heavy (non-hydrogen) atoms. The molecule has 0 aromatic heterocycles. The predicted molar refractivity (Wildman–Crippen MR) is 37.1 cm³/mol. The van der Waals surface area contributed by atoms with E-state index in [9.17, 15) is 13.0 Å². The van der Waals surface area contributed by atoms with Gasteiger partial charge in [-0.1, -0.05) is 23.8 Å². The first kappa shape index (κ1) is 9.47. The summed E-state index contributed by atoms with van der Waals surface area (Å²) < 4.78 is 30.8. The molecule has 0 N–H and O–H groups in total. The molecule has 0 aliphatic rings. The number of rotatable bonds is 3. The largest absolute Gasteiger partial charge is 0.308 e. The molecule has 0 amide bonds. The van der Waals surface area contributed by atoms with Crippen LogP contribution in [0.15, 0.2) is 0 Å². The second-order valence-electron chi connectivity index (χ2n) is 1.94. The standard InChI is InChI=1S/C6H9O3S/c1-3-5-6(4-2)10(7,8)9/h2,6H,3,5H2,1H3. The van der Waals surface area contributed by atoms with Crippen molar-refractivity contribution in [3.05, 3.63) is 0 Å². The van der Waals surface area contributed by atoms with Gasteiger partial charge in [-0.2, -0.15) is 8.42 Å². The van der Waals surface area contributed by atoms with E-state index >= 15 is 0 Å². The molecule has 4 heteroatoms. The highest BCUT2D eigenvalue weighted by molar-refractivity contribution is 7.86. The highest BCUT2D eigenvalue weighted by atomic mass is 32.2. The smallest absolute Gasteiger partial charge is 0.196 e. The first-order valence-corrected chi connectivity index (χ1v) is 4.40. The molecule has 0 heterocycles. The van der Waals surface area contributed by atoms with Crippen LogP contribution >= 0.6 is 0 Å². The summed E-state index contributed by atoms with van der Waals surface area (Å²) in [6.45, 7) is 1.77. The van der Waals surface area contributed by atoms with Gasteiger partial charge in [-0.25, -0.2) is 0 Å². The molecule has 0 aromatic rings. The van der Waals surface area contributed by atoms with Gasteiger partial charge in [0, 0.05) is 0 Å². The summed E-state index contributed by atoms with van der Waals surface area (Å²) in [4.78, 5) is 0. The topological polar surface area (TPSA) is 54.0 Å². The molecule has 1 unspecified atom stereocenters. The zero-order valence-electron chi connectivity index (χ0n) is 5.70. The molecular weight excluding hydrogens is 152 g/mol. The highest BCUT2D eigenvalue weighted by Crippen LogP contribution is 2.05. The fraction of sp³-hybridized carbons (Fsp3) is 0.667. The molecule has 3 nitrogen and oxygen atoms in total. The van der Waals surface area contributed by atoms with E-state index in [0.29, 0.717) is 6.42 Å². The maximum Gasteiger partial charge on any atom is 0.308 e. The monoisotopic (exact) mass is 161 g/mol. The molecule has 0 fully saturated rings. The Morgan fingerprint density at radius 1 is 1.60 bits per heavy atom. The molecule has 0 aliphatic carbocycles. The first-order chi connectivity index (χ1) is 4.52. The van der Waals surface area contributed by atoms with Crippen molar-refractivity contribution in [1.29, 1.82) is 0 Å². The molecule has 57 valence electrons. The second-order valence-corrected chi connectivity index (χ2v) is 3.49. The lowest BCUT2D eigenvalue weighted by Crippen LogP contribution is -2.16. The van der Waals surface area contributed by atoms with E-state index in [4.69, 9.17) is 6.42 Å². The van der Waals surface area contributed by atoms with E-state index < -0.39 is 15.4 Å². The van der Waals surface area contributed by atoms with Crippen LogP contribution in [0.1, 0.15) is 19.8 Å². The van der Waals surface area contributed by atoms with Crippen molar-refractivity contribution < 1.29 is 13.0 Å². The van der Waals surface area contributed by atoms with Crippen LogP contribution in [0.3, 0.4) is 0 Å². The summed E-state index contributed by atoms with van der Waals surface area (Å²) in [5.74, 6) is 1.94. The maximum atomic E-state index is 10.3. The zero-order valence-corrected chi connectivity index (χ0v) is 6.52. The Bertz CT molecular complexity index is 222. The van der Waals surface area contributed by atoms with Crippen molar-refractivity contribution in [3.63, 3.8) is 0 Å². The van der Waals surface area contributed by atoms with E-state index in [0.717, 1.165) is 0 Å². The Hall–Kier alpha value is -0.530. The van der Waals surface area contributed by atoms with Crippen molar-refractivity contribution in [2.75, 3.05) is 0 Å². The molecular formula is C6H9O3S. The van der Waals surface area contributed by atoms with Crippen LogP contribution < -0.4 is 0 Å². The van der Waals surface area contributed by atoms with Gasteiger partial charge in [0.15, 0.2) is 0 Å². The SMILES string of the molecule is C#CC(CCC)S([O])(=O)=O. The lowest BCUT2D eigenvalue weighted by Gasteiger charge is -2.01. The third kappa shape index (κ3) is 2.85. The highest BCUT2D eigenvalue weighted by Gasteiger charge is 2.20. The Kier molecular flexibility index (Phi) is 3.40. The predicted octanol–water partition coefficient (Wildman–Crippen LogP) is 0.549. The first-order valence-electron chi connectivity index (χ1n) is 2.93. The Balaban J connectivity index is 4.27. The van der Waals surface area contributed by atoms with Crippen molar-refractivity contribution >= 4 is 10.1 Å². The minimum atomic E-state index is -4.26. The lowest BCUT2D eigenvalue weighted by atomic mass is 10.2. The Morgan fingerprint density at radius 3 is 2.20 bits per heavy atom. The van der Waals surface area contributed by atoms with Gasteiger partial charge in [0.05, 0.1) is 0 Å². The van der Waals surface area contributed by atoms with Gasteiger partial charge in [-0.15, -0.1) is 6.42 Å². The van der Waals surface area contributed by atoms with Crippen LogP contribution in [-0.4, -0.2) is 13.7 Å². The van der Waals surface area contributed by atoms with Crippen LogP contribution in [-0.2, 0) is 14.7 Å². The maximum absolute atomic E-state index is 10.3. The minimum Gasteiger partial charge on any atom is -0.196 e. The van der Waals surface area contributed by atoms with Crippen LogP contribution in [0.5, 0.6) is 0 Å². The van der Waals surface area contributed by atoms with Crippen LogP contribution in [0, 0.1) is 12.3 Å². The molecule has 0 saturated heterocycles. The van der Waals surface area contributed by atoms with Crippen molar-refractivity contribution in [1.82, 2.24) is 0 Å². The Labute approximate surface area is 61.2 Å². The van der Waals surface area contributed by atoms with Gasteiger partial charge in [0.1, 0.15) is 5.25 Å². The minimum absolute atomic E-state index is 0.252. The summed E-state index contributed by atoms with van der Waals surface area (Å²) in [7, 11) is -4.26. The lowest BCUT2D eigenvalue weighted by molar-refractivity contribution is 0.406. The molecule has 0 aliphatic heterocycles. The number of terminal acetylenes is 1. The molecule has 0 bridgehead atoms. The van der Waals surface area contributed by atoms with E-state index in [-0.39, 0.29) is 6.42 Å². The molecule has 0 saturated carbocycles. The fourth-order valence-electron chi connectivity index (χ4n) is 0.573. The molecule has 0 spiro atoms. The van der Waals surface area contributed by atoms with E-state index in [2.05, 4.69) is 0 Å². The summed E-state index contributed by atoms with van der Waals surface area (Å²) >= 11 is 0. The third-order valence-corrected chi connectivity index (χ3v) is 2.15. The summed E-state index contributed by atoms with van der Waals surface area (Å²) in [5.41, 5.74) is 0. The summed E-state index contributed by atoms with van der Waals surface area (Å²) in [5, 5.41) is -1.14. The van der Waals surface area contributed by atoms with Gasteiger partial charge in [-0.3, -0.25) is 0 Å². The zero-order chi connectivity index (χ0) is 8.20. The normalized spacial score (nSPS) is 14.1. The van der Waals surface area contributed by atoms with E-state index in [1.807, 2.05) is 5.92 Å².